The van der Waals surface area contributed by atoms with E-state index >= 15 is 0 Å². The number of aliphatic hydroxyl groups excluding tert-OH is 1. The van der Waals surface area contributed by atoms with Crippen molar-refractivity contribution < 1.29 is 19.5 Å². The number of hydrogen-bond donors (Lipinski definition) is 1. The molecule has 5 heteroatoms. The van der Waals surface area contributed by atoms with Crippen LogP contribution < -0.4 is 0 Å². The molecular formula is C17H31NO4. The summed E-state index contributed by atoms with van der Waals surface area (Å²) in [7, 11) is 0. The molecule has 1 N–H and O–H groups in total. The molecule has 0 radical (unpaired) electrons. The van der Waals surface area contributed by atoms with Crippen LogP contribution in [0.5, 0.6) is 0 Å². The molecule has 128 valence electrons. The summed E-state index contributed by atoms with van der Waals surface area (Å²) in [6.45, 7) is 6.28. The van der Waals surface area contributed by atoms with Crippen LogP contribution >= 0.6 is 0 Å². The first-order chi connectivity index (χ1) is 10.4. The Morgan fingerprint density at radius 1 is 1.09 bits per heavy atom. The predicted molar refractivity (Wildman–Crippen MR) is 84.9 cm³/mol. The summed E-state index contributed by atoms with van der Waals surface area (Å²) in [6.07, 6.45) is 7.98. The Balaban J connectivity index is 2.63. The van der Waals surface area contributed by atoms with Gasteiger partial charge in [-0.1, -0.05) is 58.8 Å². The molecule has 0 aromatic heterocycles. The lowest BCUT2D eigenvalue weighted by atomic mass is 9.92. The molecule has 1 aliphatic rings. The summed E-state index contributed by atoms with van der Waals surface area (Å²) < 4.78 is 0. The lowest BCUT2D eigenvalue weighted by Gasteiger charge is -2.32. The summed E-state index contributed by atoms with van der Waals surface area (Å²) in [5.41, 5.74) is -0.516. The van der Waals surface area contributed by atoms with Gasteiger partial charge in [-0.3, -0.25) is 14.4 Å². The molecular weight excluding hydrogens is 282 g/mol. The van der Waals surface area contributed by atoms with E-state index < -0.39 is 23.5 Å². The van der Waals surface area contributed by atoms with Crippen molar-refractivity contribution >= 4 is 11.8 Å². The molecule has 1 heterocycles. The van der Waals surface area contributed by atoms with E-state index in [9.17, 15) is 14.7 Å². The number of amides is 2. The first kappa shape index (κ1) is 19.1. The largest absolute Gasteiger partial charge is 0.383 e. The van der Waals surface area contributed by atoms with Crippen molar-refractivity contribution in [1.82, 2.24) is 5.06 Å². The molecule has 0 aliphatic carbocycles. The Labute approximate surface area is 134 Å². The van der Waals surface area contributed by atoms with Crippen molar-refractivity contribution in [3.05, 3.63) is 0 Å². The van der Waals surface area contributed by atoms with Crippen LogP contribution in [0.15, 0.2) is 0 Å². The van der Waals surface area contributed by atoms with E-state index in [0.717, 1.165) is 50.0 Å². The Kier molecular flexibility index (Phi) is 8.04. The van der Waals surface area contributed by atoms with Crippen LogP contribution in [0.3, 0.4) is 0 Å². The molecule has 22 heavy (non-hydrogen) atoms. The fourth-order valence-electron chi connectivity index (χ4n) is 2.80. The molecule has 0 aromatic carbocycles. The minimum absolute atomic E-state index is 0.167. The summed E-state index contributed by atoms with van der Waals surface area (Å²) in [5.74, 6) is -1.06. The SMILES string of the molecule is CCCCCCC(C)(CCCCC)ON1C(=O)CC(O)C1=O. The van der Waals surface area contributed by atoms with Gasteiger partial charge >= 0.3 is 0 Å². The molecule has 0 bridgehead atoms. The van der Waals surface area contributed by atoms with E-state index in [-0.39, 0.29) is 6.42 Å². The molecule has 1 fully saturated rings. The zero-order valence-corrected chi connectivity index (χ0v) is 14.3. The highest BCUT2D eigenvalue weighted by Crippen LogP contribution is 2.29. The first-order valence-electron chi connectivity index (χ1n) is 8.67. The number of aliphatic hydroxyl groups is 1. The second kappa shape index (κ2) is 9.26. The van der Waals surface area contributed by atoms with Crippen LogP contribution in [-0.2, 0) is 14.4 Å². The van der Waals surface area contributed by atoms with Gasteiger partial charge in [0.25, 0.3) is 11.8 Å². The quantitative estimate of drug-likeness (QED) is 0.469. The number of nitrogens with zero attached hydrogens (tertiary/aromatic N) is 1. The zero-order chi connectivity index (χ0) is 16.6. The zero-order valence-electron chi connectivity index (χ0n) is 14.3. The molecule has 1 aliphatic heterocycles. The van der Waals surface area contributed by atoms with Crippen LogP contribution in [0.4, 0.5) is 0 Å². The Morgan fingerprint density at radius 2 is 1.64 bits per heavy atom. The Morgan fingerprint density at radius 3 is 2.14 bits per heavy atom. The van der Waals surface area contributed by atoms with E-state index in [1.807, 2.05) is 6.92 Å². The highest BCUT2D eigenvalue weighted by Gasteiger charge is 2.42. The van der Waals surface area contributed by atoms with Gasteiger partial charge < -0.3 is 5.11 Å². The highest BCUT2D eigenvalue weighted by molar-refractivity contribution is 6.03. The second-order valence-corrected chi connectivity index (χ2v) is 6.56. The van der Waals surface area contributed by atoms with Gasteiger partial charge in [-0.15, -0.1) is 0 Å². The third-order valence-corrected chi connectivity index (χ3v) is 4.26. The number of hydroxylamine groups is 2. The number of unbranched alkanes of at least 4 members (excludes halogenated alkanes) is 5. The molecule has 0 saturated carbocycles. The number of imide groups is 1. The van der Waals surface area contributed by atoms with Gasteiger partial charge in [0.1, 0.15) is 6.10 Å². The maximum atomic E-state index is 11.8. The molecule has 5 nitrogen and oxygen atoms in total. The van der Waals surface area contributed by atoms with Crippen molar-refractivity contribution in [1.29, 1.82) is 0 Å². The van der Waals surface area contributed by atoms with Crippen LogP contribution in [0.1, 0.15) is 85.0 Å². The minimum Gasteiger partial charge on any atom is -0.383 e. The van der Waals surface area contributed by atoms with Gasteiger partial charge in [-0.25, -0.2) is 0 Å². The van der Waals surface area contributed by atoms with Crippen molar-refractivity contribution in [2.24, 2.45) is 0 Å². The normalized spacial score (nSPS) is 21.5. The van der Waals surface area contributed by atoms with E-state index in [1.165, 1.54) is 12.8 Å². The van der Waals surface area contributed by atoms with Gasteiger partial charge in [0.2, 0.25) is 0 Å². The molecule has 2 atom stereocenters. The van der Waals surface area contributed by atoms with E-state index in [0.29, 0.717) is 0 Å². The summed E-state index contributed by atoms with van der Waals surface area (Å²) in [5, 5.41) is 10.3. The topological polar surface area (TPSA) is 66.8 Å². The summed E-state index contributed by atoms with van der Waals surface area (Å²) in [6, 6.07) is 0. The highest BCUT2D eigenvalue weighted by atomic mass is 16.7. The van der Waals surface area contributed by atoms with Gasteiger partial charge in [0.05, 0.1) is 12.0 Å². The molecule has 0 aromatic rings. The van der Waals surface area contributed by atoms with Gasteiger partial charge in [0, 0.05) is 0 Å². The van der Waals surface area contributed by atoms with Crippen LogP contribution in [0, 0.1) is 0 Å². The smallest absolute Gasteiger partial charge is 0.282 e. The summed E-state index contributed by atoms with van der Waals surface area (Å²) >= 11 is 0. The molecule has 1 rings (SSSR count). The van der Waals surface area contributed by atoms with Gasteiger partial charge in [-0.2, -0.15) is 5.06 Å². The van der Waals surface area contributed by atoms with Gasteiger partial charge in [-0.05, 0) is 19.8 Å². The van der Waals surface area contributed by atoms with Crippen LogP contribution in [0.25, 0.3) is 0 Å². The average Bonchev–Trinajstić information content (AvgIpc) is 2.71. The lowest BCUT2D eigenvalue weighted by molar-refractivity contribution is -0.232. The van der Waals surface area contributed by atoms with Crippen molar-refractivity contribution in [2.75, 3.05) is 0 Å². The third-order valence-electron chi connectivity index (χ3n) is 4.26. The number of hydrogen-bond acceptors (Lipinski definition) is 4. The molecule has 2 unspecified atom stereocenters. The maximum absolute atomic E-state index is 11.8. The van der Waals surface area contributed by atoms with E-state index in [4.69, 9.17) is 4.84 Å². The van der Waals surface area contributed by atoms with Crippen molar-refractivity contribution in [3.63, 3.8) is 0 Å². The predicted octanol–water partition coefficient (Wildman–Crippen LogP) is 3.35. The maximum Gasteiger partial charge on any atom is 0.282 e. The molecule has 2 amide bonds. The minimum atomic E-state index is -1.24. The van der Waals surface area contributed by atoms with Crippen LogP contribution in [0.2, 0.25) is 0 Å². The number of rotatable bonds is 11. The molecule has 1 saturated heterocycles. The summed E-state index contributed by atoms with van der Waals surface area (Å²) in [4.78, 5) is 29.4. The third kappa shape index (κ3) is 5.69. The Bertz CT molecular complexity index is 372. The fraction of sp³-hybridized carbons (Fsp3) is 0.882. The number of carbonyl (C=O) groups excluding carboxylic acids is 2. The van der Waals surface area contributed by atoms with Crippen molar-refractivity contribution in [2.45, 2.75) is 96.7 Å². The Hall–Kier alpha value is -0.940. The number of carbonyl (C=O) groups is 2. The lowest BCUT2D eigenvalue weighted by Crippen LogP contribution is -2.42. The van der Waals surface area contributed by atoms with Gasteiger partial charge in [0.15, 0.2) is 0 Å². The monoisotopic (exact) mass is 313 g/mol. The fourth-order valence-corrected chi connectivity index (χ4v) is 2.80. The molecule has 0 spiro atoms. The first-order valence-corrected chi connectivity index (χ1v) is 8.67. The second-order valence-electron chi connectivity index (χ2n) is 6.56. The van der Waals surface area contributed by atoms with E-state index in [1.54, 1.807) is 0 Å². The van der Waals surface area contributed by atoms with Crippen LogP contribution in [-0.4, -0.2) is 33.7 Å². The van der Waals surface area contributed by atoms with Crippen molar-refractivity contribution in [3.8, 4) is 0 Å². The average molecular weight is 313 g/mol. The van der Waals surface area contributed by atoms with E-state index in [2.05, 4.69) is 13.8 Å². The standard InChI is InChI=1S/C17H31NO4/c1-4-6-8-10-12-17(3,11-9-7-5-2)22-18-15(20)13-14(19)16(18)21/h14,19H,4-13H2,1-3H3.